The number of hydrogen-bond acceptors (Lipinski definition) is 2. The van der Waals surface area contributed by atoms with Gasteiger partial charge in [0.15, 0.2) is 0 Å². The summed E-state index contributed by atoms with van der Waals surface area (Å²) in [6.07, 6.45) is 6.73. The zero-order chi connectivity index (χ0) is 14.3. The molecule has 3 atom stereocenters. The van der Waals surface area contributed by atoms with E-state index in [4.69, 9.17) is 4.74 Å². The first-order valence-electron chi connectivity index (χ1n) is 8.39. The van der Waals surface area contributed by atoms with Crippen molar-refractivity contribution < 1.29 is 4.74 Å². The maximum atomic E-state index is 6.22. The van der Waals surface area contributed by atoms with Crippen molar-refractivity contribution in [1.29, 1.82) is 0 Å². The van der Waals surface area contributed by atoms with Gasteiger partial charge in [0.25, 0.3) is 0 Å². The van der Waals surface area contributed by atoms with Gasteiger partial charge in [-0.3, -0.25) is 0 Å². The summed E-state index contributed by atoms with van der Waals surface area (Å²) in [6.45, 7) is 13.5. The summed E-state index contributed by atoms with van der Waals surface area (Å²) < 4.78 is 6.22. The Bertz CT molecular complexity index is 227. The molecule has 1 rings (SSSR count). The average Bonchev–Trinajstić information content (AvgIpc) is 2.36. The highest BCUT2D eigenvalue weighted by Crippen LogP contribution is 2.32. The van der Waals surface area contributed by atoms with Crippen LogP contribution in [0.2, 0.25) is 0 Å². The standard InChI is InChI=1S/C17H35NO/c1-6-10-18-16-8-7-15(14(4)5)12-17(16)19-11-9-13(2)3/h13-18H,6-12H2,1-5H3. The van der Waals surface area contributed by atoms with E-state index in [1.54, 1.807) is 0 Å². The van der Waals surface area contributed by atoms with Crippen LogP contribution in [0.5, 0.6) is 0 Å². The summed E-state index contributed by atoms with van der Waals surface area (Å²) in [6, 6.07) is 0.585. The van der Waals surface area contributed by atoms with Gasteiger partial charge in [-0.1, -0.05) is 34.6 Å². The molecule has 0 aromatic rings. The molecule has 114 valence electrons. The molecule has 2 heteroatoms. The largest absolute Gasteiger partial charge is 0.377 e. The second-order valence-electron chi connectivity index (χ2n) is 6.97. The van der Waals surface area contributed by atoms with Crippen LogP contribution in [0.3, 0.4) is 0 Å². The van der Waals surface area contributed by atoms with E-state index in [0.717, 1.165) is 30.9 Å². The first-order valence-corrected chi connectivity index (χ1v) is 8.39. The van der Waals surface area contributed by atoms with Gasteiger partial charge in [0.1, 0.15) is 0 Å². The molecule has 1 aliphatic carbocycles. The van der Waals surface area contributed by atoms with Crippen molar-refractivity contribution in [2.45, 2.75) is 78.9 Å². The SMILES string of the molecule is CCCNC1CCC(C(C)C)CC1OCCC(C)C. The lowest BCUT2D eigenvalue weighted by Gasteiger charge is -2.38. The van der Waals surface area contributed by atoms with Crippen molar-refractivity contribution in [3.8, 4) is 0 Å². The van der Waals surface area contributed by atoms with Crippen LogP contribution in [-0.4, -0.2) is 25.3 Å². The Labute approximate surface area is 120 Å². The van der Waals surface area contributed by atoms with Crippen LogP contribution in [0.1, 0.15) is 66.7 Å². The van der Waals surface area contributed by atoms with Crippen LogP contribution in [0, 0.1) is 17.8 Å². The van der Waals surface area contributed by atoms with Crippen LogP contribution in [0.25, 0.3) is 0 Å². The minimum absolute atomic E-state index is 0.437. The first-order chi connectivity index (χ1) is 9.04. The molecule has 0 radical (unpaired) electrons. The molecule has 0 aromatic heterocycles. The van der Waals surface area contributed by atoms with E-state index in [1.165, 1.54) is 32.1 Å². The van der Waals surface area contributed by atoms with Gasteiger partial charge in [-0.15, -0.1) is 0 Å². The van der Waals surface area contributed by atoms with Gasteiger partial charge in [-0.05, 0) is 56.4 Å². The van der Waals surface area contributed by atoms with Crippen molar-refractivity contribution in [3.05, 3.63) is 0 Å². The number of rotatable bonds is 8. The summed E-state index contributed by atoms with van der Waals surface area (Å²) in [5.41, 5.74) is 0. The van der Waals surface area contributed by atoms with Crippen LogP contribution < -0.4 is 5.32 Å². The van der Waals surface area contributed by atoms with E-state index in [-0.39, 0.29) is 0 Å². The molecule has 19 heavy (non-hydrogen) atoms. The Morgan fingerprint density at radius 1 is 1.16 bits per heavy atom. The van der Waals surface area contributed by atoms with E-state index in [0.29, 0.717) is 12.1 Å². The van der Waals surface area contributed by atoms with Crippen molar-refractivity contribution in [1.82, 2.24) is 5.32 Å². The van der Waals surface area contributed by atoms with Crippen molar-refractivity contribution in [2.75, 3.05) is 13.2 Å². The molecule has 0 spiro atoms. The molecule has 0 aromatic carbocycles. The third kappa shape index (κ3) is 6.27. The normalized spacial score (nSPS) is 28.3. The average molecular weight is 269 g/mol. The van der Waals surface area contributed by atoms with Gasteiger partial charge in [0, 0.05) is 12.6 Å². The smallest absolute Gasteiger partial charge is 0.0730 e. The number of hydrogen-bond donors (Lipinski definition) is 1. The lowest BCUT2D eigenvalue weighted by atomic mass is 9.78. The summed E-state index contributed by atoms with van der Waals surface area (Å²) in [7, 11) is 0. The van der Waals surface area contributed by atoms with E-state index in [2.05, 4.69) is 39.9 Å². The van der Waals surface area contributed by atoms with Gasteiger partial charge in [-0.2, -0.15) is 0 Å². The van der Waals surface area contributed by atoms with Crippen LogP contribution in [-0.2, 0) is 4.74 Å². The predicted octanol–water partition coefficient (Wildman–Crippen LogP) is 4.24. The van der Waals surface area contributed by atoms with Gasteiger partial charge in [0.05, 0.1) is 6.10 Å². The molecule has 0 amide bonds. The Kier molecular flexibility index (Phi) is 8.01. The van der Waals surface area contributed by atoms with Gasteiger partial charge in [-0.25, -0.2) is 0 Å². The third-order valence-corrected chi connectivity index (χ3v) is 4.46. The fourth-order valence-corrected chi connectivity index (χ4v) is 2.97. The monoisotopic (exact) mass is 269 g/mol. The molecule has 1 fully saturated rings. The summed E-state index contributed by atoms with van der Waals surface area (Å²) in [5, 5.41) is 3.69. The Morgan fingerprint density at radius 3 is 2.47 bits per heavy atom. The predicted molar refractivity (Wildman–Crippen MR) is 83.5 cm³/mol. The van der Waals surface area contributed by atoms with Gasteiger partial charge in [0.2, 0.25) is 0 Å². The van der Waals surface area contributed by atoms with E-state index >= 15 is 0 Å². The van der Waals surface area contributed by atoms with E-state index in [9.17, 15) is 0 Å². The molecule has 1 aliphatic rings. The number of nitrogens with one attached hydrogen (secondary N) is 1. The lowest BCUT2D eigenvalue weighted by molar-refractivity contribution is -0.0202. The maximum absolute atomic E-state index is 6.22. The quantitative estimate of drug-likeness (QED) is 0.711. The Hall–Kier alpha value is -0.0800. The molecule has 0 bridgehead atoms. The maximum Gasteiger partial charge on any atom is 0.0730 e. The van der Waals surface area contributed by atoms with Crippen LogP contribution in [0.4, 0.5) is 0 Å². The van der Waals surface area contributed by atoms with E-state index in [1.807, 2.05) is 0 Å². The molecular weight excluding hydrogens is 234 g/mol. The Balaban J connectivity index is 2.45. The first kappa shape index (κ1) is 17.0. The third-order valence-electron chi connectivity index (χ3n) is 4.46. The molecule has 1 saturated carbocycles. The fraction of sp³-hybridized carbons (Fsp3) is 1.00. The van der Waals surface area contributed by atoms with Gasteiger partial charge < -0.3 is 10.1 Å². The minimum atomic E-state index is 0.437. The highest BCUT2D eigenvalue weighted by Gasteiger charge is 2.31. The van der Waals surface area contributed by atoms with Crippen molar-refractivity contribution in [2.24, 2.45) is 17.8 Å². The molecule has 0 heterocycles. The van der Waals surface area contributed by atoms with Crippen molar-refractivity contribution >= 4 is 0 Å². The highest BCUT2D eigenvalue weighted by molar-refractivity contribution is 4.86. The minimum Gasteiger partial charge on any atom is -0.377 e. The van der Waals surface area contributed by atoms with Gasteiger partial charge >= 0.3 is 0 Å². The van der Waals surface area contributed by atoms with Crippen LogP contribution >= 0.6 is 0 Å². The zero-order valence-electron chi connectivity index (χ0n) is 13.7. The Morgan fingerprint density at radius 2 is 1.89 bits per heavy atom. The number of ether oxygens (including phenoxy) is 1. The molecule has 0 saturated heterocycles. The lowest BCUT2D eigenvalue weighted by Crippen LogP contribution is -2.46. The second kappa shape index (κ2) is 8.97. The summed E-state index contributed by atoms with van der Waals surface area (Å²) in [4.78, 5) is 0. The molecule has 1 N–H and O–H groups in total. The van der Waals surface area contributed by atoms with Crippen LogP contribution in [0.15, 0.2) is 0 Å². The topological polar surface area (TPSA) is 21.3 Å². The summed E-state index contributed by atoms with van der Waals surface area (Å²) in [5.74, 6) is 2.39. The molecule has 3 unspecified atom stereocenters. The van der Waals surface area contributed by atoms with Crippen molar-refractivity contribution in [3.63, 3.8) is 0 Å². The zero-order valence-corrected chi connectivity index (χ0v) is 13.7. The molecule has 0 aliphatic heterocycles. The fourth-order valence-electron chi connectivity index (χ4n) is 2.97. The second-order valence-corrected chi connectivity index (χ2v) is 6.97. The molecule has 2 nitrogen and oxygen atoms in total. The van der Waals surface area contributed by atoms with E-state index < -0.39 is 0 Å². The highest BCUT2D eigenvalue weighted by atomic mass is 16.5. The summed E-state index contributed by atoms with van der Waals surface area (Å²) >= 11 is 0. The molecular formula is C17H35NO.